The molecule has 1 unspecified atom stereocenters. The highest BCUT2D eigenvalue weighted by molar-refractivity contribution is 7.99. The summed E-state index contributed by atoms with van der Waals surface area (Å²) in [4.78, 5) is 1.20. The second kappa shape index (κ2) is 4.34. The minimum atomic E-state index is 0.0653. The van der Waals surface area contributed by atoms with Crippen LogP contribution in [0, 0.1) is 0 Å². The van der Waals surface area contributed by atoms with E-state index in [4.69, 9.17) is 4.74 Å². The Morgan fingerprint density at radius 3 is 2.65 bits per heavy atom. The molecule has 1 atom stereocenters. The van der Waals surface area contributed by atoms with Gasteiger partial charge in [-0.05, 0) is 29.8 Å². The van der Waals surface area contributed by atoms with Crippen LogP contribution in [0.5, 0.6) is 11.5 Å². The Morgan fingerprint density at radius 1 is 1.06 bits per heavy atom. The molecule has 3 heteroatoms. The van der Waals surface area contributed by atoms with Gasteiger partial charge < -0.3 is 9.84 Å². The van der Waals surface area contributed by atoms with Crippen LogP contribution in [0.4, 0.5) is 0 Å². The molecular weight excluding hydrogens is 232 g/mol. The number of fused-ring (bicyclic) bond motifs is 1. The van der Waals surface area contributed by atoms with Crippen molar-refractivity contribution in [2.45, 2.75) is 11.0 Å². The molecule has 1 N–H and O–H groups in total. The Balaban J connectivity index is 1.86. The van der Waals surface area contributed by atoms with Crippen molar-refractivity contribution in [1.29, 1.82) is 0 Å². The fourth-order valence-electron chi connectivity index (χ4n) is 1.87. The Morgan fingerprint density at radius 2 is 1.82 bits per heavy atom. The summed E-state index contributed by atoms with van der Waals surface area (Å²) in [5.41, 5.74) is 1.10. The zero-order chi connectivity index (χ0) is 11.7. The van der Waals surface area contributed by atoms with Crippen LogP contribution in [0.3, 0.4) is 0 Å². The lowest BCUT2D eigenvalue weighted by Gasteiger charge is -2.25. The number of aromatic hydroxyl groups is 1. The average molecular weight is 244 g/mol. The van der Waals surface area contributed by atoms with Gasteiger partial charge in [0.05, 0.1) is 0 Å². The van der Waals surface area contributed by atoms with Crippen molar-refractivity contribution in [2.75, 3.05) is 5.75 Å². The van der Waals surface area contributed by atoms with Crippen molar-refractivity contribution < 1.29 is 9.84 Å². The molecule has 1 aliphatic rings. The molecule has 86 valence electrons. The molecule has 2 nitrogen and oxygen atoms in total. The van der Waals surface area contributed by atoms with Gasteiger partial charge in [-0.3, -0.25) is 0 Å². The highest BCUT2D eigenvalue weighted by Crippen LogP contribution is 2.40. The van der Waals surface area contributed by atoms with Crippen molar-refractivity contribution in [2.24, 2.45) is 0 Å². The molecule has 0 bridgehead atoms. The van der Waals surface area contributed by atoms with E-state index < -0.39 is 0 Å². The maximum atomic E-state index is 9.27. The van der Waals surface area contributed by atoms with Gasteiger partial charge in [-0.25, -0.2) is 0 Å². The fraction of sp³-hybridized carbons (Fsp3) is 0.143. The van der Waals surface area contributed by atoms with Crippen LogP contribution in [0.15, 0.2) is 53.4 Å². The number of phenols is 1. The summed E-state index contributed by atoms with van der Waals surface area (Å²) in [6, 6.07) is 15.3. The number of para-hydroxylation sites is 1. The first kappa shape index (κ1) is 10.5. The van der Waals surface area contributed by atoms with E-state index in [1.807, 2.05) is 42.1 Å². The highest BCUT2D eigenvalue weighted by atomic mass is 32.2. The van der Waals surface area contributed by atoms with Crippen LogP contribution < -0.4 is 4.74 Å². The van der Waals surface area contributed by atoms with Crippen LogP contribution in [-0.4, -0.2) is 10.9 Å². The van der Waals surface area contributed by atoms with Crippen LogP contribution >= 0.6 is 11.8 Å². The van der Waals surface area contributed by atoms with E-state index in [1.165, 1.54) is 4.90 Å². The van der Waals surface area contributed by atoms with Crippen molar-refractivity contribution in [3.8, 4) is 11.5 Å². The monoisotopic (exact) mass is 244 g/mol. The van der Waals surface area contributed by atoms with E-state index in [0.29, 0.717) is 0 Å². The number of hydrogen-bond donors (Lipinski definition) is 1. The molecule has 0 fully saturated rings. The number of rotatable bonds is 1. The van der Waals surface area contributed by atoms with Gasteiger partial charge in [-0.1, -0.05) is 24.3 Å². The van der Waals surface area contributed by atoms with Gasteiger partial charge in [-0.15, -0.1) is 11.8 Å². The van der Waals surface area contributed by atoms with Crippen molar-refractivity contribution in [1.82, 2.24) is 0 Å². The predicted octanol–water partition coefficient (Wildman–Crippen LogP) is 3.62. The van der Waals surface area contributed by atoms with E-state index >= 15 is 0 Å². The van der Waals surface area contributed by atoms with Crippen LogP contribution in [0.1, 0.15) is 11.7 Å². The fourth-order valence-corrected chi connectivity index (χ4v) is 2.90. The number of hydrogen-bond acceptors (Lipinski definition) is 3. The molecule has 1 aliphatic heterocycles. The van der Waals surface area contributed by atoms with Gasteiger partial charge in [0.15, 0.2) is 0 Å². The maximum absolute atomic E-state index is 9.27. The van der Waals surface area contributed by atoms with E-state index in [9.17, 15) is 5.11 Å². The summed E-state index contributed by atoms with van der Waals surface area (Å²) in [7, 11) is 0. The second-order valence-electron chi connectivity index (χ2n) is 3.96. The number of ether oxygens (including phenoxy) is 1. The molecular formula is C14H12O2S. The summed E-state index contributed by atoms with van der Waals surface area (Å²) in [5.74, 6) is 2.14. The standard InChI is InChI=1S/C14H12O2S/c15-11-7-5-10(6-8-11)13-9-17-14-4-2-1-3-12(14)16-13/h1-8,13,15H,9H2. The Bertz CT molecular complexity index is 522. The van der Waals surface area contributed by atoms with Gasteiger partial charge in [0.1, 0.15) is 17.6 Å². The maximum Gasteiger partial charge on any atom is 0.133 e. The topological polar surface area (TPSA) is 29.5 Å². The minimum Gasteiger partial charge on any atom is -0.508 e. The van der Waals surface area contributed by atoms with Crippen LogP contribution in [-0.2, 0) is 0 Å². The summed E-state index contributed by atoms with van der Waals surface area (Å²) in [6.07, 6.45) is 0.0653. The summed E-state index contributed by atoms with van der Waals surface area (Å²) >= 11 is 1.81. The number of thioether (sulfide) groups is 1. The Labute approximate surface area is 104 Å². The molecule has 2 aromatic carbocycles. The van der Waals surface area contributed by atoms with Gasteiger partial charge in [-0.2, -0.15) is 0 Å². The first-order valence-corrected chi connectivity index (χ1v) is 6.49. The number of phenolic OH excluding ortho intramolecular Hbond substituents is 1. The Kier molecular flexibility index (Phi) is 2.69. The summed E-state index contributed by atoms with van der Waals surface area (Å²) in [6.45, 7) is 0. The SMILES string of the molecule is Oc1ccc(C2CSc3ccccc3O2)cc1. The van der Waals surface area contributed by atoms with Gasteiger partial charge in [0.25, 0.3) is 0 Å². The predicted molar refractivity (Wildman–Crippen MR) is 68.6 cm³/mol. The van der Waals surface area contributed by atoms with Crippen molar-refractivity contribution >= 4 is 11.8 Å². The molecule has 0 spiro atoms. The molecule has 2 aromatic rings. The highest BCUT2D eigenvalue weighted by Gasteiger charge is 2.21. The molecule has 3 rings (SSSR count). The first-order valence-electron chi connectivity index (χ1n) is 5.50. The van der Waals surface area contributed by atoms with E-state index in [2.05, 4.69) is 6.07 Å². The summed E-state index contributed by atoms with van der Waals surface area (Å²) < 4.78 is 5.96. The first-order chi connectivity index (χ1) is 8.33. The quantitative estimate of drug-likeness (QED) is 0.830. The molecule has 0 aliphatic carbocycles. The molecule has 17 heavy (non-hydrogen) atoms. The third kappa shape index (κ3) is 2.11. The minimum absolute atomic E-state index is 0.0653. The largest absolute Gasteiger partial charge is 0.508 e. The molecule has 0 saturated heterocycles. The Hall–Kier alpha value is -1.61. The molecule has 0 radical (unpaired) electrons. The second-order valence-corrected chi connectivity index (χ2v) is 5.02. The molecule has 1 heterocycles. The van der Waals surface area contributed by atoms with Crippen LogP contribution in [0.25, 0.3) is 0 Å². The molecule has 0 amide bonds. The normalized spacial score (nSPS) is 18.2. The zero-order valence-corrected chi connectivity index (χ0v) is 9.98. The lowest BCUT2D eigenvalue weighted by molar-refractivity contribution is 0.220. The average Bonchev–Trinajstić information content (AvgIpc) is 2.39. The van der Waals surface area contributed by atoms with Crippen LogP contribution in [0.2, 0.25) is 0 Å². The van der Waals surface area contributed by atoms with Gasteiger partial charge >= 0.3 is 0 Å². The molecule has 0 aromatic heterocycles. The third-order valence-electron chi connectivity index (χ3n) is 2.77. The van der Waals surface area contributed by atoms with Crippen molar-refractivity contribution in [3.63, 3.8) is 0 Å². The van der Waals surface area contributed by atoms with Gasteiger partial charge in [0.2, 0.25) is 0 Å². The van der Waals surface area contributed by atoms with E-state index in [0.717, 1.165) is 17.1 Å². The smallest absolute Gasteiger partial charge is 0.133 e. The number of benzene rings is 2. The van der Waals surface area contributed by atoms with Gasteiger partial charge in [0, 0.05) is 10.6 Å². The van der Waals surface area contributed by atoms with E-state index in [1.54, 1.807) is 12.1 Å². The zero-order valence-electron chi connectivity index (χ0n) is 9.17. The lowest BCUT2D eigenvalue weighted by Crippen LogP contribution is -2.14. The lowest BCUT2D eigenvalue weighted by atomic mass is 10.1. The summed E-state index contributed by atoms with van der Waals surface area (Å²) in [5, 5.41) is 9.27. The van der Waals surface area contributed by atoms with E-state index in [-0.39, 0.29) is 11.9 Å². The third-order valence-corrected chi connectivity index (χ3v) is 3.89. The molecule has 0 saturated carbocycles. The van der Waals surface area contributed by atoms with Crippen molar-refractivity contribution in [3.05, 3.63) is 54.1 Å².